The van der Waals surface area contributed by atoms with Gasteiger partial charge in [0.15, 0.2) is 5.82 Å². The van der Waals surface area contributed by atoms with E-state index >= 15 is 0 Å². The van der Waals surface area contributed by atoms with Gasteiger partial charge in [0.25, 0.3) is 0 Å². The maximum Gasteiger partial charge on any atom is 0.208 e. The summed E-state index contributed by atoms with van der Waals surface area (Å²) in [7, 11) is 0. The van der Waals surface area contributed by atoms with Gasteiger partial charge in [-0.2, -0.15) is 0 Å². The van der Waals surface area contributed by atoms with Crippen LogP contribution >= 0.6 is 11.8 Å². The van der Waals surface area contributed by atoms with E-state index in [4.69, 9.17) is 4.42 Å². The highest BCUT2D eigenvalue weighted by molar-refractivity contribution is 7.99. The van der Waals surface area contributed by atoms with Crippen LogP contribution in [0.15, 0.2) is 28.2 Å². The number of hydrogen-bond acceptors (Lipinski definition) is 4. The third kappa shape index (κ3) is 1.75. The van der Waals surface area contributed by atoms with Crippen LogP contribution in [-0.4, -0.2) is 20.9 Å². The average Bonchev–Trinajstić information content (AvgIpc) is 2.70. The Morgan fingerprint density at radius 1 is 1.62 bits per heavy atom. The highest BCUT2D eigenvalue weighted by Gasteiger charge is 2.05. The lowest BCUT2D eigenvalue weighted by Gasteiger charge is -1.85. The predicted octanol–water partition coefficient (Wildman–Crippen LogP) is 2.18. The third-order valence-corrected chi connectivity index (χ3v) is 2.26. The van der Waals surface area contributed by atoms with Crippen molar-refractivity contribution in [3.05, 3.63) is 18.6 Å². The van der Waals surface area contributed by atoms with E-state index in [1.54, 1.807) is 24.3 Å². The van der Waals surface area contributed by atoms with Gasteiger partial charge in [-0.3, -0.25) is 5.10 Å². The molecular formula is C8H9N3OS. The molecule has 0 amide bonds. The Bertz CT molecular complexity index is 368. The fourth-order valence-corrected chi connectivity index (χ4v) is 1.49. The zero-order valence-electron chi connectivity index (χ0n) is 7.15. The van der Waals surface area contributed by atoms with Crippen molar-refractivity contribution in [3.63, 3.8) is 0 Å². The van der Waals surface area contributed by atoms with Gasteiger partial charge in [-0.05, 0) is 11.8 Å². The number of aromatic nitrogens is 3. The molecule has 2 rings (SSSR count). The predicted molar refractivity (Wildman–Crippen MR) is 50.5 cm³/mol. The number of furan rings is 1. The zero-order chi connectivity index (χ0) is 9.10. The molecule has 13 heavy (non-hydrogen) atoms. The van der Waals surface area contributed by atoms with Gasteiger partial charge in [0.05, 0.1) is 11.8 Å². The second-order valence-electron chi connectivity index (χ2n) is 2.41. The van der Waals surface area contributed by atoms with Crippen LogP contribution in [0.4, 0.5) is 0 Å². The maximum absolute atomic E-state index is 4.94. The van der Waals surface area contributed by atoms with Crippen molar-refractivity contribution in [1.29, 1.82) is 0 Å². The first-order valence-corrected chi connectivity index (χ1v) is 4.96. The van der Waals surface area contributed by atoms with Gasteiger partial charge < -0.3 is 4.42 Å². The van der Waals surface area contributed by atoms with E-state index in [1.807, 2.05) is 6.07 Å². The summed E-state index contributed by atoms with van der Waals surface area (Å²) in [6.07, 6.45) is 3.26. The Morgan fingerprint density at radius 3 is 3.23 bits per heavy atom. The van der Waals surface area contributed by atoms with E-state index in [1.165, 1.54) is 0 Å². The molecule has 2 aromatic heterocycles. The number of H-pyrrole nitrogens is 1. The van der Waals surface area contributed by atoms with E-state index in [-0.39, 0.29) is 0 Å². The van der Waals surface area contributed by atoms with Crippen LogP contribution in [0.3, 0.4) is 0 Å². The molecule has 0 aromatic carbocycles. The first-order chi connectivity index (χ1) is 6.40. The van der Waals surface area contributed by atoms with Crippen LogP contribution in [0.5, 0.6) is 0 Å². The lowest BCUT2D eigenvalue weighted by molar-refractivity contribution is 0.568. The molecule has 0 aliphatic heterocycles. The van der Waals surface area contributed by atoms with Gasteiger partial charge in [-0.1, -0.05) is 18.7 Å². The van der Waals surface area contributed by atoms with E-state index < -0.39 is 0 Å². The summed E-state index contributed by atoms with van der Waals surface area (Å²) in [5, 5.41) is 7.67. The Hall–Kier alpha value is -1.23. The fraction of sp³-hybridized carbons (Fsp3) is 0.250. The molecule has 4 nitrogen and oxygen atoms in total. The van der Waals surface area contributed by atoms with Gasteiger partial charge >= 0.3 is 0 Å². The van der Waals surface area contributed by atoms with Crippen LogP contribution in [-0.2, 0) is 0 Å². The standard InChI is InChI=1S/C8H9N3OS/c1-2-13-8-9-7(10-11-8)6-3-4-12-5-6/h3-5H,2H2,1H3,(H,9,10,11). The van der Waals surface area contributed by atoms with Gasteiger partial charge in [0.1, 0.15) is 6.26 Å². The van der Waals surface area contributed by atoms with Gasteiger partial charge in [0.2, 0.25) is 5.16 Å². The lowest BCUT2D eigenvalue weighted by atomic mass is 10.3. The summed E-state index contributed by atoms with van der Waals surface area (Å²) < 4.78 is 4.94. The van der Waals surface area contributed by atoms with Crippen LogP contribution in [0.2, 0.25) is 0 Å². The lowest BCUT2D eigenvalue weighted by Crippen LogP contribution is -1.75. The monoisotopic (exact) mass is 195 g/mol. The molecule has 0 unspecified atom stereocenters. The smallest absolute Gasteiger partial charge is 0.208 e. The second kappa shape index (κ2) is 3.66. The van der Waals surface area contributed by atoms with Crippen molar-refractivity contribution in [3.8, 4) is 11.4 Å². The molecule has 0 fully saturated rings. The minimum atomic E-state index is 0.754. The van der Waals surface area contributed by atoms with E-state index in [0.717, 1.165) is 22.3 Å². The molecular weight excluding hydrogens is 186 g/mol. The normalized spacial score (nSPS) is 10.5. The number of nitrogens with zero attached hydrogens (tertiary/aromatic N) is 2. The van der Waals surface area contributed by atoms with E-state index in [2.05, 4.69) is 22.1 Å². The minimum absolute atomic E-state index is 0.754. The number of thioether (sulfide) groups is 1. The first kappa shape index (κ1) is 8.37. The largest absolute Gasteiger partial charge is 0.472 e. The highest BCUT2D eigenvalue weighted by Crippen LogP contribution is 2.18. The molecule has 0 radical (unpaired) electrons. The summed E-state index contributed by atoms with van der Waals surface area (Å²) in [6.45, 7) is 2.07. The van der Waals surface area contributed by atoms with Crippen molar-refractivity contribution >= 4 is 11.8 Å². The Morgan fingerprint density at radius 2 is 2.54 bits per heavy atom. The molecule has 2 heterocycles. The SMILES string of the molecule is CCSc1n[nH]c(-c2ccoc2)n1. The summed E-state index contributed by atoms with van der Waals surface area (Å²) in [5.41, 5.74) is 0.926. The molecule has 0 spiro atoms. The average molecular weight is 195 g/mol. The van der Waals surface area contributed by atoms with Crippen molar-refractivity contribution < 1.29 is 4.42 Å². The molecule has 2 aromatic rings. The topological polar surface area (TPSA) is 54.7 Å². The molecule has 0 atom stereocenters. The number of nitrogens with one attached hydrogen (secondary N) is 1. The van der Waals surface area contributed by atoms with E-state index in [9.17, 15) is 0 Å². The maximum atomic E-state index is 4.94. The molecule has 68 valence electrons. The van der Waals surface area contributed by atoms with Crippen molar-refractivity contribution in [2.24, 2.45) is 0 Å². The van der Waals surface area contributed by atoms with Gasteiger partial charge in [-0.25, -0.2) is 4.98 Å². The molecule has 0 aliphatic rings. The second-order valence-corrected chi connectivity index (χ2v) is 3.64. The summed E-state index contributed by atoms with van der Waals surface area (Å²) in [5.74, 6) is 1.73. The quantitative estimate of drug-likeness (QED) is 0.762. The first-order valence-electron chi connectivity index (χ1n) is 3.98. The molecule has 0 saturated heterocycles. The van der Waals surface area contributed by atoms with Gasteiger partial charge in [-0.15, -0.1) is 5.10 Å². The number of aromatic amines is 1. The number of rotatable bonds is 3. The molecule has 5 heteroatoms. The summed E-state index contributed by atoms with van der Waals surface area (Å²) in [4.78, 5) is 4.28. The van der Waals surface area contributed by atoms with Crippen LogP contribution < -0.4 is 0 Å². The zero-order valence-corrected chi connectivity index (χ0v) is 7.97. The molecule has 1 N–H and O–H groups in total. The van der Waals surface area contributed by atoms with Crippen LogP contribution in [0.25, 0.3) is 11.4 Å². The van der Waals surface area contributed by atoms with Gasteiger partial charge in [0, 0.05) is 0 Å². The fourth-order valence-electron chi connectivity index (χ4n) is 0.968. The van der Waals surface area contributed by atoms with Crippen molar-refractivity contribution in [2.45, 2.75) is 12.1 Å². The summed E-state index contributed by atoms with van der Waals surface area (Å²) >= 11 is 1.61. The molecule has 0 aliphatic carbocycles. The van der Waals surface area contributed by atoms with Crippen LogP contribution in [0.1, 0.15) is 6.92 Å². The molecule has 0 bridgehead atoms. The third-order valence-electron chi connectivity index (χ3n) is 1.53. The Balaban J connectivity index is 2.23. The highest BCUT2D eigenvalue weighted by atomic mass is 32.2. The van der Waals surface area contributed by atoms with Crippen molar-refractivity contribution in [1.82, 2.24) is 15.2 Å². The Labute approximate surface area is 79.8 Å². The minimum Gasteiger partial charge on any atom is -0.472 e. The van der Waals surface area contributed by atoms with E-state index in [0.29, 0.717) is 0 Å². The summed E-state index contributed by atoms with van der Waals surface area (Å²) in [6, 6.07) is 1.85. The van der Waals surface area contributed by atoms with Crippen LogP contribution in [0, 0.1) is 0 Å². The number of hydrogen-bond donors (Lipinski definition) is 1. The Kier molecular flexibility index (Phi) is 2.35. The molecule has 0 saturated carbocycles. The van der Waals surface area contributed by atoms with Crippen molar-refractivity contribution in [2.75, 3.05) is 5.75 Å².